The quantitative estimate of drug-likeness (QED) is 0.584. The van der Waals surface area contributed by atoms with E-state index in [-0.39, 0.29) is 5.91 Å². The first-order valence-corrected chi connectivity index (χ1v) is 12.0. The van der Waals surface area contributed by atoms with Gasteiger partial charge in [0.15, 0.2) is 0 Å². The smallest absolute Gasteiger partial charge is 0.490 e. The van der Waals surface area contributed by atoms with E-state index in [2.05, 4.69) is 43.0 Å². The van der Waals surface area contributed by atoms with Crippen molar-refractivity contribution in [1.29, 1.82) is 0 Å². The highest BCUT2D eigenvalue weighted by Crippen LogP contribution is 2.41. The minimum absolute atomic E-state index is 0.0969. The molecule has 0 saturated carbocycles. The van der Waals surface area contributed by atoms with Crippen LogP contribution < -0.4 is 4.74 Å². The summed E-state index contributed by atoms with van der Waals surface area (Å²) in [5, 5.41) is 7.12. The molecule has 198 valence electrons. The Balaban J connectivity index is 0.000000454. The number of carboxylic acid groups (broad SMARTS) is 1. The Morgan fingerprint density at radius 3 is 2.33 bits per heavy atom. The van der Waals surface area contributed by atoms with Crippen molar-refractivity contribution >= 4 is 11.9 Å². The van der Waals surface area contributed by atoms with Gasteiger partial charge in [-0.1, -0.05) is 32.0 Å². The van der Waals surface area contributed by atoms with Gasteiger partial charge in [-0.2, -0.15) is 13.2 Å². The number of carbonyl (C=O) groups is 2. The molecule has 2 saturated heterocycles. The van der Waals surface area contributed by atoms with Crippen molar-refractivity contribution in [2.75, 3.05) is 32.8 Å². The molecule has 1 N–H and O–H groups in total. The van der Waals surface area contributed by atoms with Crippen molar-refractivity contribution in [1.82, 2.24) is 9.80 Å². The van der Waals surface area contributed by atoms with Crippen molar-refractivity contribution in [2.24, 2.45) is 11.3 Å². The van der Waals surface area contributed by atoms with Crippen LogP contribution in [0.15, 0.2) is 47.3 Å². The number of aliphatic carboxylic acids is 1. The van der Waals surface area contributed by atoms with E-state index in [0.29, 0.717) is 16.9 Å². The van der Waals surface area contributed by atoms with E-state index in [4.69, 9.17) is 19.1 Å². The lowest BCUT2D eigenvalue weighted by Gasteiger charge is -2.39. The van der Waals surface area contributed by atoms with Gasteiger partial charge >= 0.3 is 12.1 Å². The molecule has 0 unspecified atom stereocenters. The number of nitrogens with zero attached hydrogens (tertiary/aromatic N) is 2. The normalized spacial score (nSPS) is 17.7. The average molecular weight is 511 g/mol. The van der Waals surface area contributed by atoms with Crippen LogP contribution in [0.1, 0.15) is 49.0 Å². The third kappa shape index (κ3) is 7.49. The molecule has 1 spiro atoms. The number of hydrogen-bond donors (Lipinski definition) is 1. The van der Waals surface area contributed by atoms with Gasteiger partial charge in [0.05, 0.1) is 18.4 Å². The number of furan rings is 1. The molecule has 1 amide bonds. The molecular formula is C26H33F3N2O5. The minimum atomic E-state index is -5.08. The molecule has 0 bridgehead atoms. The van der Waals surface area contributed by atoms with E-state index in [1.165, 1.54) is 12.0 Å². The predicted molar refractivity (Wildman–Crippen MR) is 127 cm³/mol. The molecule has 2 aliphatic heterocycles. The van der Waals surface area contributed by atoms with Gasteiger partial charge in [0.2, 0.25) is 0 Å². The standard InChI is InChI=1S/C24H32N2O3.C2HF3O2/c1-19(2)16-29-22-6-4-3-5-20(22)15-25-11-8-24(18-25)9-12-26(13-10-24)23(27)21-7-14-28-17-21;3-2(4,5)1(6)7/h3-7,14,17,19H,8-13,15-16,18H2,1-2H3;(H,6,7). The van der Waals surface area contributed by atoms with Gasteiger partial charge in [-0.15, -0.1) is 0 Å². The molecule has 0 atom stereocenters. The molecule has 1 aromatic heterocycles. The van der Waals surface area contributed by atoms with E-state index in [0.717, 1.165) is 57.9 Å². The van der Waals surface area contributed by atoms with Gasteiger partial charge in [0.1, 0.15) is 12.0 Å². The fraction of sp³-hybridized carbons (Fsp3) is 0.538. The molecule has 1 aromatic carbocycles. The number of ether oxygens (including phenoxy) is 1. The lowest BCUT2D eigenvalue weighted by molar-refractivity contribution is -0.192. The summed E-state index contributed by atoms with van der Waals surface area (Å²) in [5.74, 6) is -1.12. The molecule has 0 aliphatic carbocycles. The van der Waals surface area contributed by atoms with Crippen LogP contribution in [0.3, 0.4) is 0 Å². The molecule has 2 aromatic rings. The van der Waals surface area contributed by atoms with Gasteiger partial charge in [0.25, 0.3) is 5.91 Å². The number of hydrogen-bond acceptors (Lipinski definition) is 5. The van der Waals surface area contributed by atoms with Crippen LogP contribution in [0, 0.1) is 11.3 Å². The largest absolute Gasteiger partial charge is 0.493 e. The highest BCUT2D eigenvalue weighted by Gasteiger charge is 2.41. The van der Waals surface area contributed by atoms with Gasteiger partial charge in [-0.05, 0) is 49.3 Å². The van der Waals surface area contributed by atoms with Crippen molar-refractivity contribution in [3.8, 4) is 5.75 Å². The summed E-state index contributed by atoms with van der Waals surface area (Å²) >= 11 is 0. The van der Waals surface area contributed by atoms with E-state index in [1.807, 2.05) is 4.90 Å². The fourth-order valence-corrected chi connectivity index (χ4v) is 4.60. The van der Waals surface area contributed by atoms with Crippen LogP contribution >= 0.6 is 0 Å². The summed E-state index contributed by atoms with van der Waals surface area (Å²) in [6.45, 7) is 9.95. The van der Waals surface area contributed by atoms with Crippen molar-refractivity contribution in [2.45, 2.75) is 45.8 Å². The van der Waals surface area contributed by atoms with Crippen molar-refractivity contribution in [3.63, 3.8) is 0 Å². The second-order valence-corrected chi connectivity index (χ2v) is 9.88. The van der Waals surface area contributed by atoms with E-state index < -0.39 is 12.1 Å². The zero-order valence-corrected chi connectivity index (χ0v) is 20.6. The second kappa shape index (κ2) is 11.8. The molecule has 3 heterocycles. The molecule has 10 heteroatoms. The van der Waals surface area contributed by atoms with Gasteiger partial charge in [0, 0.05) is 31.7 Å². The molecular weight excluding hydrogens is 477 g/mol. The number of rotatable bonds is 6. The summed E-state index contributed by atoms with van der Waals surface area (Å²) in [5.41, 5.74) is 2.28. The number of para-hydroxylation sites is 1. The Hall–Kier alpha value is -3.01. The van der Waals surface area contributed by atoms with Gasteiger partial charge < -0.3 is 19.2 Å². The Kier molecular flexibility index (Phi) is 9.05. The highest BCUT2D eigenvalue weighted by atomic mass is 19.4. The maximum absolute atomic E-state index is 12.6. The summed E-state index contributed by atoms with van der Waals surface area (Å²) in [4.78, 5) is 26.0. The van der Waals surface area contributed by atoms with Crippen molar-refractivity contribution in [3.05, 3.63) is 54.0 Å². The Bertz CT molecular complexity index is 999. The Morgan fingerprint density at radius 1 is 1.11 bits per heavy atom. The molecule has 36 heavy (non-hydrogen) atoms. The fourth-order valence-electron chi connectivity index (χ4n) is 4.60. The first-order valence-electron chi connectivity index (χ1n) is 12.0. The zero-order chi connectivity index (χ0) is 26.3. The van der Waals surface area contributed by atoms with Gasteiger partial charge in [-0.25, -0.2) is 4.79 Å². The number of carbonyl (C=O) groups excluding carboxylic acids is 1. The summed E-state index contributed by atoms with van der Waals surface area (Å²) in [6.07, 6.45) is 1.41. The monoisotopic (exact) mass is 510 g/mol. The molecule has 2 fully saturated rings. The van der Waals surface area contributed by atoms with Crippen LogP contribution in [0.5, 0.6) is 5.75 Å². The molecule has 4 rings (SSSR count). The number of piperidine rings is 1. The lowest BCUT2D eigenvalue weighted by Crippen LogP contribution is -2.44. The lowest BCUT2D eigenvalue weighted by atomic mass is 9.77. The van der Waals surface area contributed by atoms with Crippen LogP contribution in [-0.2, 0) is 11.3 Å². The van der Waals surface area contributed by atoms with Crippen LogP contribution in [0.4, 0.5) is 13.2 Å². The average Bonchev–Trinajstić information content (AvgIpc) is 3.49. The predicted octanol–water partition coefficient (Wildman–Crippen LogP) is 5.08. The maximum atomic E-state index is 12.6. The van der Waals surface area contributed by atoms with Crippen molar-refractivity contribution < 1.29 is 37.0 Å². The van der Waals surface area contributed by atoms with Crippen LogP contribution in [0.25, 0.3) is 0 Å². The minimum Gasteiger partial charge on any atom is -0.493 e. The number of benzene rings is 1. The first-order chi connectivity index (χ1) is 17.0. The third-order valence-corrected chi connectivity index (χ3v) is 6.58. The summed E-state index contributed by atoms with van der Waals surface area (Å²) in [6, 6.07) is 10.2. The zero-order valence-electron chi connectivity index (χ0n) is 20.6. The number of alkyl halides is 3. The Morgan fingerprint density at radius 2 is 1.75 bits per heavy atom. The number of halogens is 3. The maximum Gasteiger partial charge on any atom is 0.490 e. The summed E-state index contributed by atoms with van der Waals surface area (Å²) < 4.78 is 42.8. The molecule has 0 radical (unpaired) electrons. The second-order valence-electron chi connectivity index (χ2n) is 9.88. The summed E-state index contributed by atoms with van der Waals surface area (Å²) in [7, 11) is 0. The molecule has 2 aliphatic rings. The SMILES string of the molecule is CC(C)COc1ccccc1CN1CCC2(CCN(C(=O)c3ccoc3)CC2)C1.O=C(O)C(F)(F)F. The molecule has 7 nitrogen and oxygen atoms in total. The topological polar surface area (TPSA) is 83.2 Å². The van der Waals surface area contributed by atoms with Gasteiger partial charge in [-0.3, -0.25) is 9.69 Å². The van der Waals surface area contributed by atoms with Crippen LogP contribution in [-0.4, -0.2) is 65.7 Å². The van der Waals surface area contributed by atoms with E-state index in [9.17, 15) is 18.0 Å². The van der Waals surface area contributed by atoms with E-state index in [1.54, 1.807) is 18.6 Å². The highest BCUT2D eigenvalue weighted by molar-refractivity contribution is 5.93. The number of amides is 1. The third-order valence-electron chi connectivity index (χ3n) is 6.58. The van der Waals surface area contributed by atoms with E-state index >= 15 is 0 Å². The number of likely N-dealkylation sites (tertiary alicyclic amines) is 2. The Labute approximate surface area is 208 Å². The first kappa shape index (κ1) is 27.6. The van der Waals surface area contributed by atoms with Crippen LogP contribution in [0.2, 0.25) is 0 Å². The number of carboxylic acids is 1.